The molecule has 2 N–H and O–H groups in total. The summed E-state index contributed by atoms with van der Waals surface area (Å²) in [4.78, 5) is 6.43. The molecule has 0 amide bonds. The molecular weight excluding hydrogens is 358 g/mol. The Morgan fingerprint density at radius 3 is 2.50 bits per heavy atom. The van der Waals surface area contributed by atoms with Gasteiger partial charge in [0.15, 0.2) is 0 Å². The fraction of sp³-hybridized carbons (Fsp3) is 0.154. The van der Waals surface area contributed by atoms with Crippen LogP contribution in [0, 0.1) is 0 Å². The van der Waals surface area contributed by atoms with Gasteiger partial charge in [-0.15, -0.1) is 0 Å². The van der Waals surface area contributed by atoms with Crippen LogP contribution in [0.4, 0.5) is 11.4 Å². The van der Waals surface area contributed by atoms with E-state index in [1.54, 1.807) is 6.20 Å². The highest BCUT2D eigenvalue weighted by Gasteiger charge is 2.07. The predicted molar refractivity (Wildman–Crippen MR) is 82.6 cm³/mol. The van der Waals surface area contributed by atoms with E-state index in [2.05, 4.69) is 41.7 Å². The molecule has 0 fully saturated rings. The van der Waals surface area contributed by atoms with Crippen molar-refractivity contribution in [1.29, 1.82) is 0 Å². The average molecular weight is 371 g/mol. The number of rotatable bonds is 3. The van der Waals surface area contributed by atoms with E-state index in [1.807, 2.05) is 37.4 Å². The van der Waals surface area contributed by atoms with Crippen molar-refractivity contribution < 1.29 is 0 Å². The zero-order chi connectivity index (χ0) is 13.1. The van der Waals surface area contributed by atoms with Crippen LogP contribution in [0.1, 0.15) is 5.69 Å². The van der Waals surface area contributed by atoms with Gasteiger partial charge in [0.1, 0.15) is 0 Å². The van der Waals surface area contributed by atoms with Gasteiger partial charge in [-0.1, -0.05) is 15.9 Å². The summed E-state index contributed by atoms with van der Waals surface area (Å²) in [7, 11) is 2.00. The van der Waals surface area contributed by atoms with Gasteiger partial charge in [0.25, 0.3) is 0 Å². The number of hydrogen-bond donors (Lipinski definition) is 1. The van der Waals surface area contributed by atoms with Gasteiger partial charge in [0, 0.05) is 22.2 Å². The Kier molecular flexibility index (Phi) is 4.24. The quantitative estimate of drug-likeness (QED) is 0.835. The normalized spacial score (nSPS) is 10.4. The summed E-state index contributed by atoms with van der Waals surface area (Å²) >= 11 is 6.78. The van der Waals surface area contributed by atoms with E-state index in [9.17, 15) is 0 Å². The number of nitrogen functional groups attached to an aromatic ring is 1. The second kappa shape index (κ2) is 5.71. The second-order valence-electron chi connectivity index (χ2n) is 4.03. The summed E-state index contributed by atoms with van der Waals surface area (Å²) in [6.45, 7) is 0.721. The Morgan fingerprint density at radius 1 is 1.17 bits per heavy atom. The maximum absolute atomic E-state index is 6.00. The predicted octanol–water partition coefficient (Wildman–Crippen LogP) is 3.83. The fourth-order valence-corrected chi connectivity index (χ4v) is 2.31. The third-order valence-corrected chi connectivity index (χ3v) is 3.55. The van der Waals surface area contributed by atoms with E-state index >= 15 is 0 Å². The summed E-state index contributed by atoms with van der Waals surface area (Å²) in [5.41, 5.74) is 8.76. The van der Waals surface area contributed by atoms with E-state index in [0.717, 1.165) is 32.6 Å². The van der Waals surface area contributed by atoms with Crippen LogP contribution >= 0.6 is 31.9 Å². The number of pyridine rings is 1. The highest BCUT2D eigenvalue weighted by atomic mass is 79.9. The molecule has 2 aromatic rings. The zero-order valence-electron chi connectivity index (χ0n) is 9.90. The maximum Gasteiger partial charge on any atom is 0.0601 e. The number of halogens is 2. The largest absolute Gasteiger partial charge is 0.397 e. The first-order valence-corrected chi connectivity index (χ1v) is 7.01. The van der Waals surface area contributed by atoms with E-state index in [-0.39, 0.29) is 0 Å². The number of nitrogens with zero attached hydrogens (tertiary/aromatic N) is 2. The van der Waals surface area contributed by atoms with Gasteiger partial charge in [-0.3, -0.25) is 4.98 Å². The molecule has 0 unspecified atom stereocenters. The molecule has 2 rings (SSSR count). The molecule has 0 saturated carbocycles. The molecule has 0 bridgehead atoms. The number of nitrogens with two attached hydrogens (primary N) is 1. The molecule has 3 nitrogen and oxygen atoms in total. The lowest BCUT2D eigenvalue weighted by Crippen LogP contribution is -2.18. The lowest BCUT2D eigenvalue weighted by Gasteiger charge is -2.20. The van der Waals surface area contributed by atoms with Gasteiger partial charge in [-0.05, 0) is 46.3 Å². The molecule has 18 heavy (non-hydrogen) atoms. The summed E-state index contributed by atoms with van der Waals surface area (Å²) < 4.78 is 1.97. The highest BCUT2D eigenvalue weighted by molar-refractivity contribution is 9.10. The molecule has 0 aliphatic carbocycles. The first-order chi connectivity index (χ1) is 8.56. The maximum atomic E-state index is 6.00. The van der Waals surface area contributed by atoms with Crippen molar-refractivity contribution >= 4 is 43.2 Å². The molecule has 0 saturated heterocycles. The van der Waals surface area contributed by atoms with Crippen molar-refractivity contribution in [3.05, 3.63) is 51.2 Å². The van der Waals surface area contributed by atoms with Gasteiger partial charge in [0.05, 0.1) is 23.6 Å². The first-order valence-electron chi connectivity index (χ1n) is 5.43. The minimum absolute atomic E-state index is 0.721. The summed E-state index contributed by atoms with van der Waals surface area (Å²) in [6, 6.07) is 9.87. The van der Waals surface area contributed by atoms with E-state index in [1.165, 1.54) is 0 Å². The van der Waals surface area contributed by atoms with Crippen molar-refractivity contribution in [2.75, 3.05) is 17.7 Å². The number of benzene rings is 1. The Labute approximate surface area is 123 Å². The van der Waals surface area contributed by atoms with Crippen molar-refractivity contribution in [2.24, 2.45) is 0 Å². The topological polar surface area (TPSA) is 42.2 Å². The Hall–Kier alpha value is -1.07. The number of aromatic nitrogens is 1. The summed E-state index contributed by atoms with van der Waals surface area (Å²) in [5, 5.41) is 0. The average Bonchev–Trinajstić information content (AvgIpc) is 2.32. The third kappa shape index (κ3) is 3.23. The van der Waals surface area contributed by atoms with Crippen LogP contribution in [-0.2, 0) is 6.54 Å². The van der Waals surface area contributed by atoms with Gasteiger partial charge < -0.3 is 10.6 Å². The van der Waals surface area contributed by atoms with Gasteiger partial charge >= 0.3 is 0 Å². The molecular formula is C13H13Br2N3. The molecule has 0 aliphatic heterocycles. The highest BCUT2D eigenvalue weighted by Crippen LogP contribution is 2.26. The lowest BCUT2D eigenvalue weighted by atomic mass is 10.2. The summed E-state index contributed by atoms with van der Waals surface area (Å²) in [5.74, 6) is 0. The Balaban J connectivity index is 2.16. The fourth-order valence-electron chi connectivity index (χ4n) is 1.70. The van der Waals surface area contributed by atoms with Gasteiger partial charge in [-0.2, -0.15) is 0 Å². The van der Waals surface area contributed by atoms with Crippen LogP contribution in [0.2, 0.25) is 0 Å². The Bertz CT molecular complexity index is 540. The van der Waals surface area contributed by atoms with E-state index in [0.29, 0.717) is 0 Å². The van der Waals surface area contributed by atoms with Crippen LogP contribution in [0.15, 0.2) is 45.5 Å². The van der Waals surface area contributed by atoms with Crippen LogP contribution in [0.25, 0.3) is 0 Å². The van der Waals surface area contributed by atoms with Gasteiger partial charge in [0.2, 0.25) is 0 Å². The monoisotopic (exact) mass is 369 g/mol. The minimum atomic E-state index is 0.721. The molecule has 94 valence electrons. The zero-order valence-corrected chi connectivity index (χ0v) is 13.1. The molecule has 0 atom stereocenters. The first kappa shape index (κ1) is 13.4. The van der Waals surface area contributed by atoms with Crippen LogP contribution in [-0.4, -0.2) is 12.0 Å². The van der Waals surface area contributed by atoms with Crippen molar-refractivity contribution in [3.8, 4) is 0 Å². The second-order valence-corrected chi connectivity index (χ2v) is 5.86. The molecule has 0 spiro atoms. The third-order valence-electron chi connectivity index (χ3n) is 2.59. The smallest absolute Gasteiger partial charge is 0.0601 e. The lowest BCUT2D eigenvalue weighted by molar-refractivity contribution is 0.885. The van der Waals surface area contributed by atoms with Crippen molar-refractivity contribution in [2.45, 2.75) is 6.54 Å². The number of anilines is 2. The Morgan fingerprint density at radius 2 is 1.89 bits per heavy atom. The summed E-state index contributed by atoms with van der Waals surface area (Å²) in [6.07, 6.45) is 1.80. The van der Waals surface area contributed by atoms with Crippen LogP contribution in [0.5, 0.6) is 0 Å². The molecule has 0 radical (unpaired) electrons. The number of hydrogen-bond acceptors (Lipinski definition) is 3. The van der Waals surface area contributed by atoms with Gasteiger partial charge in [-0.25, -0.2) is 0 Å². The van der Waals surface area contributed by atoms with Crippen molar-refractivity contribution in [1.82, 2.24) is 4.98 Å². The molecule has 5 heteroatoms. The SMILES string of the molecule is CN(Cc1ccc(Br)cn1)c1ccc(Br)cc1N. The van der Waals surface area contributed by atoms with Crippen LogP contribution < -0.4 is 10.6 Å². The van der Waals surface area contributed by atoms with Crippen molar-refractivity contribution in [3.63, 3.8) is 0 Å². The molecule has 1 aromatic carbocycles. The molecule has 1 aromatic heterocycles. The van der Waals surface area contributed by atoms with Crippen LogP contribution in [0.3, 0.4) is 0 Å². The molecule has 1 heterocycles. The molecule has 0 aliphatic rings. The standard InChI is InChI=1S/C13H13Br2N3/c1-18(8-11-4-2-10(15)7-17-11)13-5-3-9(14)6-12(13)16/h2-7H,8,16H2,1H3. The van der Waals surface area contributed by atoms with E-state index < -0.39 is 0 Å². The minimum Gasteiger partial charge on any atom is -0.397 e. The van der Waals surface area contributed by atoms with E-state index in [4.69, 9.17) is 5.73 Å².